The molecule has 0 amide bonds. The Morgan fingerprint density at radius 3 is 2.47 bits per heavy atom. The molecule has 0 saturated heterocycles. The smallest absolute Gasteiger partial charge is 0.379 e. The minimum Gasteiger partial charge on any atom is -0.496 e. The van der Waals surface area contributed by atoms with E-state index in [0.717, 1.165) is 7.11 Å². The molecule has 0 heterocycles. The second-order valence-corrected chi connectivity index (χ2v) is 3.26. The average Bonchev–Trinajstić information content (AvgIpc) is 2.36. The minimum atomic E-state index is -4.02. The third-order valence-electron chi connectivity index (χ3n) is 2.23. The molecule has 17 heavy (non-hydrogen) atoms. The van der Waals surface area contributed by atoms with Crippen molar-refractivity contribution in [1.29, 1.82) is 0 Å². The number of esters is 1. The van der Waals surface area contributed by atoms with Gasteiger partial charge in [-0.05, 0) is 6.07 Å². The van der Waals surface area contributed by atoms with Gasteiger partial charge in [0, 0.05) is 5.56 Å². The molecule has 1 atom stereocenters. The summed E-state index contributed by atoms with van der Waals surface area (Å²) in [5.74, 6) is -5.75. The SMILES string of the molecule is COC(=O)C(F)(F)[C@@H](O)c1ccccc1OC. The molecule has 0 fully saturated rings. The summed E-state index contributed by atoms with van der Waals surface area (Å²) in [6, 6.07) is 5.67. The molecular formula is C11H12F2O4. The van der Waals surface area contributed by atoms with Gasteiger partial charge in [0.25, 0.3) is 0 Å². The van der Waals surface area contributed by atoms with E-state index in [9.17, 15) is 18.7 Å². The van der Waals surface area contributed by atoms with Crippen LogP contribution in [0, 0.1) is 0 Å². The first-order valence-corrected chi connectivity index (χ1v) is 4.72. The predicted molar refractivity (Wildman–Crippen MR) is 54.9 cm³/mol. The Kier molecular flexibility index (Phi) is 4.01. The summed E-state index contributed by atoms with van der Waals surface area (Å²) in [7, 11) is 2.10. The van der Waals surface area contributed by atoms with Crippen LogP contribution in [0.25, 0.3) is 0 Å². The number of hydrogen-bond acceptors (Lipinski definition) is 4. The number of aliphatic hydroxyl groups excluding tert-OH is 1. The number of alkyl halides is 2. The molecular weight excluding hydrogens is 234 g/mol. The molecule has 1 aromatic rings. The molecule has 0 radical (unpaired) electrons. The molecule has 0 bridgehead atoms. The van der Waals surface area contributed by atoms with Gasteiger partial charge >= 0.3 is 11.9 Å². The fraction of sp³-hybridized carbons (Fsp3) is 0.364. The maximum atomic E-state index is 13.4. The fourth-order valence-corrected chi connectivity index (χ4v) is 1.34. The number of carbonyl (C=O) groups excluding carboxylic acids is 1. The topological polar surface area (TPSA) is 55.8 Å². The Hall–Kier alpha value is -1.69. The third kappa shape index (κ3) is 2.52. The van der Waals surface area contributed by atoms with Crippen LogP contribution in [-0.2, 0) is 9.53 Å². The number of hydrogen-bond donors (Lipinski definition) is 1. The van der Waals surface area contributed by atoms with Gasteiger partial charge in [-0.1, -0.05) is 18.2 Å². The zero-order valence-electron chi connectivity index (χ0n) is 9.31. The van der Waals surface area contributed by atoms with Crippen LogP contribution in [0.5, 0.6) is 5.75 Å². The molecule has 1 rings (SSSR count). The van der Waals surface area contributed by atoms with Gasteiger partial charge in [0.2, 0.25) is 0 Å². The molecule has 1 N–H and O–H groups in total. The number of benzene rings is 1. The Morgan fingerprint density at radius 1 is 1.35 bits per heavy atom. The first-order chi connectivity index (χ1) is 7.95. The standard InChI is InChI=1S/C11H12F2O4/c1-16-8-6-4-3-5-7(8)9(14)11(12,13)10(15)17-2/h3-6,9,14H,1-2H3/t9-/m0/s1. The van der Waals surface area contributed by atoms with Gasteiger partial charge < -0.3 is 14.6 Å². The summed E-state index contributed by atoms with van der Waals surface area (Å²) < 4.78 is 35.6. The molecule has 1 aromatic carbocycles. The molecule has 0 aliphatic heterocycles. The Morgan fingerprint density at radius 2 is 1.94 bits per heavy atom. The number of ether oxygens (including phenoxy) is 2. The highest BCUT2D eigenvalue weighted by Gasteiger charge is 2.49. The maximum absolute atomic E-state index is 13.4. The van der Waals surface area contributed by atoms with E-state index in [4.69, 9.17) is 4.74 Å². The van der Waals surface area contributed by atoms with Crippen molar-refractivity contribution in [2.24, 2.45) is 0 Å². The lowest BCUT2D eigenvalue weighted by Gasteiger charge is -2.21. The van der Waals surface area contributed by atoms with Gasteiger partial charge in [-0.15, -0.1) is 0 Å². The third-order valence-corrected chi connectivity index (χ3v) is 2.23. The lowest BCUT2D eigenvalue weighted by molar-refractivity contribution is -0.186. The van der Waals surface area contributed by atoms with Crippen LogP contribution in [0.15, 0.2) is 24.3 Å². The summed E-state index contributed by atoms with van der Waals surface area (Å²) >= 11 is 0. The minimum absolute atomic E-state index is 0.0728. The molecule has 0 aromatic heterocycles. The summed E-state index contributed by atoms with van der Waals surface area (Å²) in [5.41, 5.74) is -0.176. The van der Waals surface area contributed by atoms with E-state index in [1.54, 1.807) is 6.07 Å². The molecule has 94 valence electrons. The zero-order valence-corrected chi connectivity index (χ0v) is 9.31. The second kappa shape index (κ2) is 5.09. The molecule has 0 spiro atoms. The maximum Gasteiger partial charge on any atom is 0.379 e. The van der Waals surface area contributed by atoms with Crippen LogP contribution in [-0.4, -0.2) is 31.2 Å². The summed E-state index contributed by atoms with van der Waals surface area (Å²) in [5, 5.41) is 9.53. The van der Waals surface area contributed by atoms with Gasteiger partial charge in [-0.25, -0.2) is 4.79 Å². The largest absolute Gasteiger partial charge is 0.496 e. The summed E-state index contributed by atoms with van der Waals surface area (Å²) in [6.07, 6.45) is -2.31. The van der Waals surface area contributed by atoms with Crippen molar-refractivity contribution < 1.29 is 28.2 Å². The monoisotopic (exact) mass is 246 g/mol. The van der Waals surface area contributed by atoms with E-state index in [1.165, 1.54) is 25.3 Å². The van der Waals surface area contributed by atoms with Crippen LogP contribution in [0.2, 0.25) is 0 Å². The van der Waals surface area contributed by atoms with Gasteiger partial charge in [0.15, 0.2) is 6.10 Å². The highest BCUT2D eigenvalue weighted by atomic mass is 19.3. The Bertz CT molecular complexity index is 406. The van der Waals surface area contributed by atoms with Gasteiger partial charge in [-0.3, -0.25) is 0 Å². The predicted octanol–water partition coefficient (Wildman–Crippen LogP) is 1.54. The lowest BCUT2D eigenvalue weighted by atomic mass is 10.0. The highest BCUT2D eigenvalue weighted by molar-refractivity contribution is 5.78. The van der Waals surface area contributed by atoms with Crippen molar-refractivity contribution in [2.45, 2.75) is 12.0 Å². The van der Waals surface area contributed by atoms with Crippen LogP contribution < -0.4 is 4.74 Å². The van der Waals surface area contributed by atoms with Gasteiger partial charge in [-0.2, -0.15) is 8.78 Å². The zero-order chi connectivity index (χ0) is 13.1. The molecule has 0 unspecified atom stereocenters. The van der Waals surface area contributed by atoms with Crippen molar-refractivity contribution in [3.8, 4) is 5.75 Å². The van der Waals surface area contributed by atoms with Crippen molar-refractivity contribution >= 4 is 5.97 Å². The van der Waals surface area contributed by atoms with Gasteiger partial charge in [0.05, 0.1) is 14.2 Å². The number of aliphatic hydroxyl groups is 1. The summed E-state index contributed by atoms with van der Waals surface area (Å²) in [4.78, 5) is 10.9. The van der Waals surface area contributed by atoms with Crippen LogP contribution in [0.1, 0.15) is 11.7 Å². The van der Waals surface area contributed by atoms with E-state index >= 15 is 0 Å². The quantitative estimate of drug-likeness (QED) is 0.819. The second-order valence-electron chi connectivity index (χ2n) is 3.26. The first-order valence-electron chi connectivity index (χ1n) is 4.72. The Balaban J connectivity index is 3.11. The summed E-state index contributed by atoms with van der Waals surface area (Å²) in [6.45, 7) is 0. The van der Waals surface area contributed by atoms with Crippen molar-refractivity contribution in [2.75, 3.05) is 14.2 Å². The molecule has 0 saturated carbocycles. The number of carbonyl (C=O) groups is 1. The van der Waals surface area contributed by atoms with Crippen molar-refractivity contribution in [3.63, 3.8) is 0 Å². The van der Waals surface area contributed by atoms with Crippen molar-refractivity contribution in [1.82, 2.24) is 0 Å². The fourth-order valence-electron chi connectivity index (χ4n) is 1.34. The van der Waals surface area contributed by atoms with Crippen molar-refractivity contribution in [3.05, 3.63) is 29.8 Å². The normalized spacial score (nSPS) is 13.0. The highest BCUT2D eigenvalue weighted by Crippen LogP contribution is 2.36. The average molecular weight is 246 g/mol. The van der Waals surface area contributed by atoms with E-state index in [-0.39, 0.29) is 11.3 Å². The Labute approximate surface area is 96.8 Å². The molecule has 6 heteroatoms. The van der Waals surface area contributed by atoms with Crippen LogP contribution in [0.3, 0.4) is 0 Å². The van der Waals surface area contributed by atoms with Crippen LogP contribution in [0.4, 0.5) is 8.78 Å². The number of methoxy groups -OCH3 is 2. The number of para-hydroxylation sites is 1. The lowest BCUT2D eigenvalue weighted by Crippen LogP contribution is -2.36. The first kappa shape index (κ1) is 13.4. The van der Waals surface area contributed by atoms with E-state index in [0.29, 0.717) is 0 Å². The van der Waals surface area contributed by atoms with Crippen LogP contribution >= 0.6 is 0 Å². The van der Waals surface area contributed by atoms with Gasteiger partial charge in [0.1, 0.15) is 5.75 Å². The van der Waals surface area contributed by atoms with E-state index < -0.39 is 18.0 Å². The molecule has 0 aliphatic rings. The molecule has 0 aliphatic carbocycles. The van der Waals surface area contributed by atoms with E-state index in [2.05, 4.69) is 4.74 Å². The molecule has 4 nitrogen and oxygen atoms in total. The number of rotatable bonds is 4. The number of halogens is 2. The van der Waals surface area contributed by atoms with E-state index in [1.807, 2.05) is 0 Å².